The smallest absolute Gasteiger partial charge is 0.320 e. The fourth-order valence-corrected chi connectivity index (χ4v) is 2.22. The van der Waals surface area contributed by atoms with Gasteiger partial charge in [0.15, 0.2) is 5.82 Å². The molecule has 0 bridgehead atoms. The van der Waals surface area contributed by atoms with Crippen LogP contribution in [-0.4, -0.2) is 49.8 Å². The summed E-state index contributed by atoms with van der Waals surface area (Å²) in [5.41, 5.74) is 0.447. The van der Waals surface area contributed by atoms with Crippen LogP contribution in [0.5, 0.6) is 0 Å². The first-order chi connectivity index (χ1) is 11.9. The second kappa shape index (κ2) is 8.29. The minimum atomic E-state index is -1.03. The van der Waals surface area contributed by atoms with Crippen LogP contribution in [-0.2, 0) is 9.59 Å². The molecular formula is C15H19FN6O3. The molecule has 1 amide bonds. The summed E-state index contributed by atoms with van der Waals surface area (Å²) in [5, 5.41) is 25.1. The van der Waals surface area contributed by atoms with Crippen molar-refractivity contribution in [3.8, 4) is 5.69 Å². The van der Waals surface area contributed by atoms with Crippen LogP contribution >= 0.6 is 0 Å². The number of aliphatic carboxylic acids is 1. The van der Waals surface area contributed by atoms with Gasteiger partial charge in [0.25, 0.3) is 0 Å². The molecule has 0 aliphatic carbocycles. The van der Waals surface area contributed by atoms with E-state index in [9.17, 15) is 14.0 Å². The maximum Gasteiger partial charge on any atom is 0.320 e. The Kier molecular flexibility index (Phi) is 6.12. The van der Waals surface area contributed by atoms with Crippen molar-refractivity contribution in [1.29, 1.82) is 0 Å². The summed E-state index contributed by atoms with van der Waals surface area (Å²) >= 11 is 0. The predicted octanol–water partition coefficient (Wildman–Crippen LogP) is 0.891. The lowest BCUT2D eigenvalue weighted by atomic mass is 10.1. The first kappa shape index (κ1) is 18.5. The first-order valence-corrected chi connectivity index (χ1v) is 7.73. The molecule has 0 aliphatic rings. The number of anilines is 1. The minimum absolute atomic E-state index is 0.0402. The van der Waals surface area contributed by atoms with E-state index in [-0.39, 0.29) is 12.2 Å². The summed E-state index contributed by atoms with van der Waals surface area (Å²) in [6, 6.07) is 3.25. The van der Waals surface area contributed by atoms with E-state index in [4.69, 9.17) is 5.11 Å². The average molecular weight is 350 g/mol. The second-order valence-corrected chi connectivity index (χ2v) is 5.41. The first-order valence-electron chi connectivity index (χ1n) is 7.73. The monoisotopic (exact) mass is 350 g/mol. The maximum atomic E-state index is 13.9. The number of halogens is 1. The van der Waals surface area contributed by atoms with Gasteiger partial charge in [-0.2, -0.15) is 4.68 Å². The van der Waals surface area contributed by atoms with E-state index in [2.05, 4.69) is 26.2 Å². The van der Waals surface area contributed by atoms with Gasteiger partial charge >= 0.3 is 5.97 Å². The quantitative estimate of drug-likeness (QED) is 0.646. The van der Waals surface area contributed by atoms with E-state index in [1.807, 2.05) is 6.92 Å². The van der Waals surface area contributed by atoms with Crippen LogP contribution in [0.1, 0.15) is 25.6 Å². The molecule has 25 heavy (non-hydrogen) atoms. The third kappa shape index (κ3) is 4.80. The zero-order chi connectivity index (χ0) is 18.4. The molecule has 1 atom stereocenters. The van der Waals surface area contributed by atoms with Crippen molar-refractivity contribution in [3.05, 3.63) is 29.8 Å². The fraction of sp³-hybridized carbons (Fsp3) is 0.400. The summed E-state index contributed by atoms with van der Waals surface area (Å²) in [4.78, 5) is 23.0. The van der Waals surface area contributed by atoms with E-state index < -0.39 is 23.7 Å². The molecule has 2 aromatic rings. The SMILES string of the molecule is CCCC(NCC(=O)Nc1cc(-n2nnnc2C)ccc1F)C(=O)O. The number of carboxylic acids is 1. The van der Waals surface area contributed by atoms with Gasteiger partial charge in [-0.05, 0) is 42.0 Å². The molecule has 0 aliphatic heterocycles. The van der Waals surface area contributed by atoms with E-state index >= 15 is 0 Å². The summed E-state index contributed by atoms with van der Waals surface area (Å²) < 4.78 is 15.3. The lowest BCUT2D eigenvalue weighted by Crippen LogP contribution is -2.41. The van der Waals surface area contributed by atoms with Crippen LogP contribution in [0.3, 0.4) is 0 Å². The van der Waals surface area contributed by atoms with Crippen molar-refractivity contribution in [1.82, 2.24) is 25.5 Å². The number of aryl methyl sites for hydroxylation is 1. The highest BCUT2D eigenvalue weighted by Gasteiger charge is 2.17. The van der Waals surface area contributed by atoms with Gasteiger partial charge in [-0.25, -0.2) is 4.39 Å². The number of carbonyl (C=O) groups is 2. The van der Waals surface area contributed by atoms with Gasteiger partial charge in [0.1, 0.15) is 11.9 Å². The standard InChI is InChI=1S/C15H19FN6O3/c1-3-4-12(15(24)25)17-8-14(23)18-13-7-10(5-6-11(13)16)22-9(2)19-20-21-22/h5-7,12,17H,3-4,8H2,1-2H3,(H,18,23)(H,24,25). The van der Waals surface area contributed by atoms with Crippen LogP contribution in [0.2, 0.25) is 0 Å². The fourth-order valence-electron chi connectivity index (χ4n) is 2.22. The average Bonchev–Trinajstić information content (AvgIpc) is 2.99. The molecule has 0 fully saturated rings. The second-order valence-electron chi connectivity index (χ2n) is 5.41. The van der Waals surface area contributed by atoms with Gasteiger partial charge in [0.2, 0.25) is 5.91 Å². The molecule has 2 rings (SSSR count). The van der Waals surface area contributed by atoms with Crippen LogP contribution in [0.15, 0.2) is 18.2 Å². The van der Waals surface area contributed by atoms with E-state index in [0.29, 0.717) is 24.4 Å². The van der Waals surface area contributed by atoms with Crippen molar-refractivity contribution >= 4 is 17.6 Å². The number of nitrogens with zero attached hydrogens (tertiary/aromatic N) is 4. The van der Waals surface area contributed by atoms with Crippen molar-refractivity contribution in [2.45, 2.75) is 32.7 Å². The Labute approximate surface area is 143 Å². The Morgan fingerprint density at radius 1 is 1.40 bits per heavy atom. The lowest BCUT2D eigenvalue weighted by Gasteiger charge is -2.14. The molecule has 9 nitrogen and oxygen atoms in total. The van der Waals surface area contributed by atoms with E-state index in [0.717, 1.165) is 0 Å². The van der Waals surface area contributed by atoms with Crippen LogP contribution in [0.25, 0.3) is 5.69 Å². The number of benzene rings is 1. The largest absolute Gasteiger partial charge is 0.480 e. The Hall–Kier alpha value is -2.88. The number of nitrogens with one attached hydrogen (secondary N) is 2. The van der Waals surface area contributed by atoms with Gasteiger partial charge < -0.3 is 10.4 Å². The van der Waals surface area contributed by atoms with Crippen molar-refractivity contribution in [3.63, 3.8) is 0 Å². The number of tetrazole rings is 1. The lowest BCUT2D eigenvalue weighted by molar-refractivity contribution is -0.139. The highest BCUT2D eigenvalue weighted by Crippen LogP contribution is 2.19. The number of rotatable bonds is 8. The molecule has 1 aromatic carbocycles. The minimum Gasteiger partial charge on any atom is -0.480 e. The predicted molar refractivity (Wildman–Crippen MR) is 86.8 cm³/mol. The van der Waals surface area contributed by atoms with Crippen LogP contribution in [0.4, 0.5) is 10.1 Å². The summed E-state index contributed by atoms with van der Waals surface area (Å²) in [6.45, 7) is 3.29. The Balaban J connectivity index is 2.05. The molecular weight excluding hydrogens is 331 g/mol. The molecule has 10 heteroatoms. The van der Waals surface area contributed by atoms with Gasteiger partial charge in [0.05, 0.1) is 17.9 Å². The number of carboxylic acid groups (broad SMARTS) is 1. The topological polar surface area (TPSA) is 122 Å². The normalized spacial score (nSPS) is 12.0. The molecule has 1 aromatic heterocycles. The molecule has 0 saturated heterocycles. The number of hydrogen-bond acceptors (Lipinski definition) is 6. The third-order valence-corrected chi connectivity index (χ3v) is 3.48. The van der Waals surface area contributed by atoms with Gasteiger partial charge in [-0.15, -0.1) is 5.10 Å². The van der Waals surface area contributed by atoms with Gasteiger partial charge in [0, 0.05) is 0 Å². The molecule has 1 heterocycles. The summed E-state index contributed by atoms with van der Waals surface area (Å²) in [6.07, 6.45) is 1.05. The van der Waals surface area contributed by atoms with E-state index in [1.54, 1.807) is 6.92 Å². The number of amides is 1. The molecule has 1 unspecified atom stereocenters. The van der Waals surface area contributed by atoms with Crippen molar-refractivity contribution < 1.29 is 19.1 Å². The molecule has 0 saturated carbocycles. The highest BCUT2D eigenvalue weighted by atomic mass is 19.1. The Bertz CT molecular complexity index is 763. The number of hydrogen-bond donors (Lipinski definition) is 3. The Morgan fingerprint density at radius 3 is 2.76 bits per heavy atom. The molecule has 3 N–H and O–H groups in total. The maximum absolute atomic E-state index is 13.9. The van der Waals surface area contributed by atoms with Gasteiger partial charge in [-0.3, -0.25) is 14.9 Å². The number of aromatic nitrogens is 4. The molecule has 134 valence electrons. The summed E-state index contributed by atoms with van der Waals surface area (Å²) in [7, 11) is 0. The summed E-state index contributed by atoms with van der Waals surface area (Å²) in [5.74, 6) is -1.69. The van der Waals surface area contributed by atoms with E-state index in [1.165, 1.54) is 22.9 Å². The molecule has 0 spiro atoms. The van der Waals surface area contributed by atoms with Crippen molar-refractivity contribution in [2.24, 2.45) is 0 Å². The zero-order valence-electron chi connectivity index (χ0n) is 13.9. The highest BCUT2D eigenvalue weighted by molar-refractivity contribution is 5.93. The molecule has 0 radical (unpaired) electrons. The van der Waals surface area contributed by atoms with Crippen molar-refractivity contribution in [2.75, 3.05) is 11.9 Å². The zero-order valence-corrected chi connectivity index (χ0v) is 13.9. The van der Waals surface area contributed by atoms with Gasteiger partial charge in [-0.1, -0.05) is 13.3 Å². The van der Waals surface area contributed by atoms with Crippen LogP contribution < -0.4 is 10.6 Å². The Morgan fingerprint density at radius 2 is 2.16 bits per heavy atom. The van der Waals surface area contributed by atoms with Crippen LogP contribution in [0, 0.1) is 12.7 Å². The third-order valence-electron chi connectivity index (χ3n) is 3.48. The number of carbonyl (C=O) groups excluding carboxylic acids is 1.